The Kier molecular flexibility index (Phi) is 4.37. The zero-order valence-corrected chi connectivity index (χ0v) is 13.7. The van der Waals surface area contributed by atoms with E-state index < -0.39 is 5.97 Å². The lowest BCUT2D eigenvalue weighted by Gasteiger charge is -2.26. The van der Waals surface area contributed by atoms with Gasteiger partial charge in [-0.1, -0.05) is 0 Å². The molecule has 1 amide bonds. The second-order valence-corrected chi connectivity index (χ2v) is 6.19. The van der Waals surface area contributed by atoms with Gasteiger partial charge in [-0.2, -0.15) is 5.10 Å². The van der Waals surface area contributed by atoms with Gasteiger partial charge in [-0.3, -0.25) is 14.3 Å². The maximum atomic E-state index is 12.4. The quantitative estimate of drug-likeness (QED) is 0.882. The second-order valence-electron chi connectivity index (χ2n) is 6.19. The van der Waals surface area contributed by atoms with Crippen molar-refractivity contribution in [3.8, 4) is 11.5 Å². The number of carboxylic acids is 1. The molecule has 2 heterocycles. The van der Waals surface area contributed by atoms with Crippen LogP contribution in [0.25, 0.3) is 11.5 Å². The lowest BCUT2D eigenvalue weighted by molar-refractivity contribution is -0.142. The van der Waals surface area contributed by atoms with Gasteiger partial charge in [-0.15, -0.1) is 0 Å². The Morgan fingerprint density at radius 1 is 1.33 bits per heavy atom. The molecular weight excluding hydrogens is 312 g/mol. The van der Waals surface area contributed by atoms with Crippen molar-refractivity contribution < 1.29 is 19.1 Å². The van der Waals surface area contributed by atoms with Gasteiger partial charge in [0.05, 0.1) is 17.7 Å². The molecule has 24 heavy (non-hydrogen) atoms. The molecule has 0 spiro atoms. The number of hydrogen-bond acceptors (Lipinski definition) is 5. The van der Waals surface area contributed by atoms with Crippen LogP contribution in [-0.2, 0) is 11.8 Å². The first-order valence-electron chi connectivity index (χ1n) is 7.94. The minimum absolute atomic E-state index is 0.0222. The third kappa shape index (κ3) is 3.32. The Hall–Kier alpha value is -2.64. The summed E-state index contributed by atoms with van der Waals surface area (Å²) in [7, 11) is 1.79. The topological polar surface area (TPSA) is 110 Å². The fourth-order valence-corrected chi connectivity index (χ4v) is 3.00. The number of carboxylic acid groups (broad SMARTS) is 1. The number of oxazole rings is 1. The first-order chi connectivity index (χ1) is 11.4. The zero-order valence-electron chi connectivity index (χ0n) is 13.7. The van der Waals surface area contributed by atoms with E-state index in [0.29, 0.717) is 42.9 Å². The number of carbonyl (C=O) groups excluding carboxylic acids is 1. The highest BCUT2D eigenvalue weighted by Crippen LogP contribution is 2.25. The molecule has 0 bridgehead atoms. The van der Waals surface area contributed by atoms with Gasteiger partial charge in [0, 0.05) is 19.3 Å². The van der Waals surface area contributed by atoms with Crippen LogP contribution in [0.5, 0.6) is 0 Å². The van der Waals surface area contributed by atoms with E-state index in [1.165, 1.54) is 0 Å². The van der Waals surface area contributed by atoms with E-state index in [4.69, 9.17) is 9.52 Å². The molecule has 0 aliphatic heterocycles. The summed E-state index contributed by atoms with van der Waals surface area (Å²) in [6.07, 6.45) is 5.88. The molecule has 0 atom stereocenters. The van der Waals surface area contributed by atoms with Crippen molar-refractivity contribution in [1.82, 2.24) is 20.1 Å². The van der Waals surface area contributed by atoms with Crippen LogP contribution < -0.4 is 5.32 Å². The van der Waals surface area contributed by atoms with Gasteiger partial charge in [-0.25, -0.2) is 4.98 Å². The fraction of sp³-hybridized carbons (Fsp3) is 0.500. The van der Waals surface area contributed by atoms with Gasteiger partial charge in [0.15, 0.2) is 5.69 Å². The normalized spacial score (nSPS) is 20.8. The molecule has 8 nitrogen and oxygen atoms in total. The van der Waals surface area contributed by atoms with Gasteiger partial charge in [0.25, 0.3) is 5.91 Å². The van der Waals surface area contributed by atoms with Gasteiger partial charge in [-0.05, 0) is 32.6 Å². The van der Waals surface area contributed by atoms with Gasteiger partial charge in [0.1, 0.15) is 5.76 Å². The van der Waals surface area contributed by atoms with Gasteiger partial charge in [0.2, 0.25) is 5.89 Å². The molecule has 8 heteroatoms. The van der Waals surface area contributed by atoms with Crippen LogP contribution in [-0.4, -0.2) is 37.8 Å². The van der Waals surface area contributed by atoms with Crippen molar-refractivity contribution in [2.45, 2.75) is 38.6 Å². The van der Waals surface area contributed by atoms with Crippen molar-refractivity contribution in [3.63, 3.8) is 0 Å². The first-order valence-corrected chi connectivity index (χ1v) is 7.94. The van der Waals surface area contributed by atoms with Crippen molar-refractivity contribution in [2.24, 2.45) is 13.0 Å². The Bertz CT molecular complexity index is 756. The molecule has 3 rings (SSSR count). The smallest absolute Gasteiger partial charge is 0.306 e. The highest BCUT2D eigenvalue weighted by molar-refractivity contribution is 5.93. The van der Waals surface area contributed by atoms with Crippen molar-refractivity contribution in [3.05, 3.63) is 23.8 Å². The molecule has 0 aromatic carbocycles. The van der Waals surface area contributed by atoms with Crippen LogP contribution in [0.15, 0.2) is 16.8 Å². The maximum Gasteiger partial charge on any atom is 0.306 e. The Labute approximate surface area is 138 Å². The zero-order chi connectivity index (χ0) is 17.3. The molecule has 1 aliphatic rings. The predicted octanol–water partition coefficient (Wildman–Crippen LogP) is 1.76. The Morgan fingerprint density at radius 3 is 2.62 bits per heavy atom. The van der Waals surface area contributed by atoms with Gasteiger partial charge < -0.3 is 14.8 Å². The van der Waals surface area contributed by atoms with Crippen LogP contribution in [0, 0.1) is 12.8 Å². The van der Waals surface area contributed by atoms with Crippen molar-refractivity contribution in [1.29, 1.82) is 0 Å². The number of nitrogens with one attached hydrogen (secondary N) is 1. The third-order valence-electron chi connectivity index (χ3n) is 4.38. The number of amides is 1. The molecule has 0 unspecified atom stereocenters. The van der Waals surface area contributed by atoms with Gasteiger partial charge >= 0.3 is 5.97 Å². The molecule has 0 saturated heterocycles. The van der Waals surface area contributed by atoms with E-state index in [0.717, 1.165) is 0 Å². The number of carbonyl (C=O) groups is 2. The average Bonchev–Trinajstić information content (AvgIpc) is 3.13. The number of hydrogen-bond donors (Lipinski definition) is 2. The summed E-state index contributed by atoms with van der Waals surface area (Å²) in [5.74, 6) is -0.534. The molecule has 1 aliphatic carbocycles. The van der Waals surface area contributed by atoms with Crippen LogP contribution in [0.1, 0.15) is 41.9 Å². The summed E-state index contributed by atoms with van der Waals surface area (Å²) in [5, 5.41) is 16.0. The highest BCUT2D eigenvalue weighted by Gasteiger charge is 2.28. The summed E-state index contributed by atoms with van der Waals surface area (Å²) < 4.78 is 7.20. The summed E-state index contributed by atoms with van der Waals surface area (Å²) in [4.78, 5) is 27.7. The van der Waals surface area contributed by atoms with Crippen LogP contribution in [0.3, 0.4) is 0 Å². The average molecular weight is 332 g/mol. The number of rotatable bonds is 4. The monoisotopic (exact) mass is 332 g/mol. The predicted molar refractivity (Wildman–Crippen MR) is 84.3 cm³/mol. The van der Waals surface area contributed by atoms with E-state index in [-0.39, 0.29) is 23.6 Å². The lowest BCUT2D eigenvalue weighted by atomic mass is 9.86. The van der Waals surface area contributed by atoms with E-state index in [1.807, 2.05) is 0 Å². The molecule has 1 saturated carbocycles. The lowest BCUT2D eigenvalue weighted by Crippen LogP contribution is -2.39. The molecule has 1 fully saturated rings. The van der Waals surface area contributed by atoms with Crippen LogP contribution in [0.2, 0.25) is 0 Å². The van der Waals surface area contributed by atoms with Crippen molar-refractivity contribution >= 4 is 11.9 Å². The van der Waals surface area contributed by atoms with Crippen LogP contribution in [0.4, 0.5) is 0 Å². The maximum absolute atomic E-state index is 12.4. The van der Waals surface area contributed by atoms with E-state index >= 15 is 0 Å². The fourth-order valence-electron chi connectivity index (χ4n) is 3.00. The third-order valence-corrected chi connectivity index (χ3v) is 4.38. The summed E-state index contributed by atoms with van der Waals surface area (Å²) in [5.41, 5.74) is 0.968. The molecule has 2 N–H and O–H groups in total. The standard InChI is InChI=1S/C16H20N4O4/c1-9-13(19-15(24-9)11-7-17-20(2)8-11)14(21)18-12-5-3-10(4-6-12)16(22)23/h7-8,10,12H,3-6H2,1-2H3,(H,18,21)(H,22,23). The molecule has 128 valence electrons. The second kappa shape index (κ2) is 6.46. The number of aromatic nitrogens is 3. The summed E-state index contributed by atoms with van der Waals surface area (Å²) in [6.45, 7) is 1.70. The van der Waals surface area contributed by atoms with E-state index in [9.17, 15) is 9.59 Å². The molecule has 2 aromatic heterocycles. The number of nitrogens with zero attached hydrogens (tertiary/aromatic N) is 3. The number of aryl methyl sites for hydroxylation is 2. The minimum Gasteiger partial charge on any atom is -0.481 e. The Morgan fingerprint density at radius 2 is 2.04 bits per heavy atom. The molecular formula is C16H20N4O4. The summed E-state index contributed by atoms with van der Waals surface area (Å²) >= 11 is 0. The van der Waals surface area contributed by atoms with Crippen LogP contribution >= 0.6 is 0 Å². The highest BCUT2D eigenvalue weighted by atomic mass is 16.4. The minimum atomic E-state index is -0.756. The SMILES string of the molecule is Cc1oc(-c2cnn(C)c2)nc1C(=O)NC1CCC(C(=O)O)CC1. The van der Waals surface area contributed by atoms with E-state index in [1.54, 1.807) is 31.0 Å². The number of aliphatic carboxylic acids is 1. The van der Waals surface area contributed by atoms with Crippen molar-refractivity contribution in [2.75, 3.05) is 0 Å². The Balaban J connectivity index is 1.66. The largest absolute Gasteiger partial charge is 0.481 e. The molecule has 0 radical (unpaired) electrons. The molecule has 2 aromatic rings. The summed E-state index contributed by atoms with van der Waals surface area (Å²) in [6, 6.07) is -0.0222. The first kappa shape index (κ1) is 16.2. The van der Waals surface area contributed by atoms with E-state index in [2.05, 4.69) is 15.4 Å².